The van der Waals surface area contributed by atoms with Gasteiger partial charge in [0, 0.05) is 12.6 Å². The number of nitrogens with zero attached hydrogens (tertiary/aromatic N) is 1. The molecule has 0 saturated carbocycles. The highest BCUT2D eigenvalue weighted by molar-refractivity contribution is 6.29. The number of aryl methyl sites for hydroxylation is 1. The zero-order valence-corrected chi connectivity index (χ0v) is 10.3. The lowest BCUT2D eigenvalue weighted by molar-refractivity contribution is 0.0459. The Kier molecular flexibility index (Phi) is 3.75. The van der Waals surface area contributed by atoms with Gasteiger partial charge in [-0.15, -0.1) is 0 Å². The average molecular weight is 243 g/mol. The van der Waals surface area contributed by atoms with Crippen LogP contribution in [0.4, 0.5) is 4.79 Å². The Hall–Kier alpha value is -1.29. The predicted molar refractivity (Wildman–Crippen MR) is 62.4 cm³/mol. The van der Waals surface area contributed by atoms with Crippen LogP contribution in [0.2, 0.25) is 5.15 Å². The molecule has 0 spiro atoms. The third-order valence-electron chi connectivity index (χ3n) is 2.18. The van der Waals surface area contributed by atoms with E-state index in [-0.39, 0.29) is 0 Å². The highest BCUT2D eigenvalue weighted by atomic mass is 35.5. The Morgan fingerprint density at radius 3 is 2.75 bits per heavy atom. The first kappa shape index (κ1) is 12.8. The summed E-state index contributed by atoms with van der Waals surface area (Å²) in [4.78, 5) is 14.7. The predicted octanol–water partition coefficient (Wildman–Crippen LogP) is 2.46. The molecule has 2 N–H and O–H groups in total. The Balaban J connectivity index is 2.83. The maximum atomic E-state index is 10.7. The van der Waals surface area contributed by atoms with Crippen LogP contribution in [0.5, 0.6) is 0 Å². The third-order valence-corrected chi connectivity index (χ3v) is 2.39. The number of pyridine rings is 1. The smallest absolute Gasteiger partial charge is 0.405 e. The Labute approximate surface area is 99.8 Å². The fraction of sp³-hybridized carbons (Fsp3) is 0.455. The number of amides is 1. The molecule has 0 aliphatic carbocycles. The van der Waals surface area contributed by atoms with E-state index in [1.165, 1.54) is 0 Å². The summed E-state index contributed by atoms with van der Waals surface area (Å²) in [5, 5.41) is 0.454. The quantitative estimate of drug-likeness (QED) is 0.828. The molecule has 0 saturated heterocycles. The van der Waals surface area contributed by atoms with Crippen LogP contribution in [-0.2, 0) is 11.2 Å². The summed E-state index contributed by atoms with van der Waals surface area (Å²) >= 11 is 5.76. The maximum absolute atomic E-state index is 10.7. The van der Waals surface area contributed by atoms with Crippen molar-refractivity contribution in [1.82, 2.24) is 4.98 Å². The van der Waals surface area contributed by atoms with Crippen LogP contribution in [0.15, 0.2) is 12.3 Å². The summed E-state index contributed by atoms with van der Waals surface area (Å²) in [5.74, 6) is 0. The number of primary amides is 1. The van der Waals surface area contributed by atoms with Gasteiger partial charge in [-0.05, 0) is 38.0 Å². The van der Waals surface area contributed by atoms with Crippen molar-refractivity contribution >= 4 is 17.7 Å². The molecule has 1 aromatic heterocycles. The molecule has 0 aromatic carbocycles. The number of hydrogen-bond acceptors (Lipinski definition) is 3. The second kappa shape index (κ2) is 4.70. The number of rotatable bonds is 3. The molecule has 5 heteroatoms. The summed E-state index contributed by atoms with van der Waals surface area (Å²) < 4.78 is 5.00. The number of carbonyl (C=O) groups is 1. The highest BCUT2D eigenvalue weighted by Gasteiger charge is 2.23. The highest BCUT2D eigenvalue weighted by Crippen LogP contribution is 2.20. The fourth-order valence-corrected chi connectivity index (χ4v) is 1.71. The van der Waals surface area contributed by atoms with Crippen LogP contribution in [0.25, 0.3) is 0 Å². The SMILES string of the molecule is Cc1cc(Cl)ncc1CC(C)(C)OC(N)=O. The van der Waals surface area contributed by atoms with Gasteiger partial charge in [0.1, 0.15) is 10.8 Å². The zero-order chi connectivity index (χ0) is 12.3. The van der Waals surface area contributed by atoms with Gasteiger partial charge in [-0.3, -0.25) is 0 Å². The lowest BCUT2D eigenvalue weighted by Gasteiger charge is -2.24. The normalized spacial score (nSPS) is 11.2. The number of halogens is 1. The first-order valence-corrected chi connectivity index (χ1v) is 5.27. The number of ether oxygens (including phenoxy) is 1. The minimum Gasteiger partial charge on any atom is -0.443 e. The van der Waals surface area contributed by atoms with E-state index < -0.39 is 11.7 Å². The lowest BCUT2D eigenvalue weighted by Crippen LogP contribution is -2.33. The van der Waals surface area contributed by atoms with Crippen molar-refractivity contribution in [3.05, 3.63) is 28.5 Å². The van der Waals surface area contributed by atoms with Crippen LogP contribution in [0.3, 0.4) is 0 Å². The van der Waals surface area contributed by atoms with Crippen molar-refractivity contribution in [3.8, 4) is 0 Å². The minimum absolute atomic E-state index is 0.454. The van der Waals surface area contributed by atoms with Crippen LogP contribution < -0.4 is 5.73 Å². The summed E-state index contributed by atoms with van der Waals surface area (Å²) in [6, 6.07) is 1.78. The van der Waals surface area contributed by atoms with Gasteiger partial charge in [-0.2, -0.15) is 0 Å². The molecule has 0 aliphatic rings. The Morgan fingerprint density at radius 1 is 1.62 bits per heavy atom. The van der Waals surface area contributed by atoms with E-state index in [9.17, 15) is 4.79 Å². The van der Waals surface area contributed by atoms with Gasteiger partial charge in [0.2, 0.25) is 0 Å². The summed E-state index contributed by atoms with van der Waals surface area (Å²) in [6.45, 7) is 5.53. The van der Waals surface area contributed by atoms with Crippen molar-refractivity contribution in [3.63, 3.8) is 0 Å². The van der Waals surface area contributed by atoms with E-state index in [0.29, 0.717) is 11.6 Å². The number of carbonyl (C=O) groups excluding carboxylic acids is 1. The molecule has 0 aliphatic heterocycles. The third kappa shape index (κ3) is 3.70. The largest absolute Gasteiger partial charge is 0.443 e. The van der Waals surface area contributed by atoms with Crippen molar-refractivity contribution in [2.75, 3.05) is 0 Å². The number of aromatic nitrogens is 1. The molecule has 4 nitrogen and oxygen atoms in total. The topological polar surface area (TPSA) is 65.2 Å². The second-order valence-electron chi connectivity index (χ2n) is 4.29. The van der Waals surface area contributed by atoms with E-state index in [2.05, 4.69) is 4.98 Å². The Morgan fingerprint density at radius 2 is 2.25 bits per heavy atom. The molecule has 0 fully saturated rings. The first-order valence-electron chi connectivity index (χ1n) is 4.89. The average Bonchev–Trinajstić information content (AvgIpc) is 2.07. The van der Waals surface area contributed by atoms with Crippen molar-refractivity contribution in [2.24, 2.45) is 5.73 Å². The van der Waals surface area contributed by atoms with E-state index in [1.807, 2.05) is 6.92 Å². The van der Waals surface area contributed by atoms with Crippen molar-refractivity contribution < 1.29 is 9.53 Å². The first-order chi connectivity index (χ1) is 7.30. The van der Waals surface area contributed by atoms with Gasteiger partial charge >= 0.3 is 6.09 Å². The standard InChI is InChI=1S/C11H15ClN2O2/c1-7-4-9(12)14-6-8(7)5-11(2,3)16-10(13)15/h4,6H,5H2,1-3H3,(H2,13,15). The molecule has 1 rings (SSSR count). The fourth-order valence-electron chi connectivity index (χ4n) is 1.50. The van der Waals surface area contributed by atoms with E-state index >= 15 is 0 Å². The minimum atomic E-state index is -0.774. The maximum Gasteiger partial charge on any atom is 0.405 e. The summed E-state index contributed by atoms with van der Waals surface area (Å²) in [7, 11) is 0. The van der Waals surface area contributed by atoms with E-state index in [4.69, 9.17) is 22.1 Å². The molecule has 1 amide bonds. The molecule has 0 radical (unpaired) electrons. The second-order valence-corrected chi connectivity index (χ2v) is 4.68. The number of hydrogen-bond donors (Lipinski definition) is 1. The van der Waals surface area contributed by atoms with Crippen LogP contribution in [0.1, 0.15) is 25.0 Å². The van der Waals surface area contributed by atoms with E-state index in [1.54, 1.807) is 26.1 Å². The van der Waals surface area contributed by atoms with Gasteiger partial charge in [-0.25, -0.2) is 9.78 Å². The van der Waals surface area contributed by atoms with E-state index in [0.717, 1.165) is 11.1 Å². The van der Waals surface area contributed by atoms with Gasteiger partial charge in [0.15, 0.2) is 0 Å². The van der Waals surface area contributed by atoms with Gasteiger partial charge in [0.25, 0.3) is 0 Å². The molecule has 16 heavy (non-hydrogen) atoms. The molecular weight excluding hydrogens is 228 g/mol. The molecule has 0 bridgehead atoms. The van der Waals surface area contributed by atoms with Gasteiger partial charge in [0.05, 0.1) is 0 Å². The molecular formula is C11H15ClN2O2. The lowest BCUT2D eigenvalue weighted by atomic mass is 9.97. The van der Waals surface area contributed by atoms with Crippen molar-refractivity contribution in [2.45, 2.75) is 32.8 Å². The number of nitrogens with two attached hydrogens (primary N) is 1. The monoisotopic (exact) mass is 242 g/mol. The molecule has 1 heterocycles. The molecule has 0 atom stereocenters. The molecule has 1 aromatic rings. The Bertz CT molecular complexity index is 405. The van der Waals surface area contributed by atoms with Gasteiger partial charge < -0.3 is 10.5 Å². The van der Waals surface area contributed by atoms with Gasteiger partial charge in [-0.1, -0.05) is 11.6 Å². The molecule has 0 unspecified atom stereocenters. The van der Waals surface area contributed by atoms with Crippen LogP contribution >= 0.6 is 11.6 Å². The zero-order valence-electron chi connectivity index (χ0n) is 9.58. The molecule has 88 valence electrons. The summed E-state index contributed by atoms with van der Waals surface area (Å²) in [6.07, 6.45) is 1.46. The van der Waals surface area contributed by atoms with Crippen LogP contribution in [0, 0.1) is 6.92 Å². The van der Waals surface area contributed by atoms with Crippen molar-refractivity contribution in [1.29, 1.82) is 0 Å². The summed E-state index contributed by atoms with van der Waals surface area (Å²) in [5.41, 5.74) is 6.35. The van der Waals surface area contributed by atoms with Crippen LogP contribution in [-0.4, -0.2) is 16.7 Å².